The third-order valence-electron chi connectivity index (χ3n) is 4.68. The van der Waals surface area contributed by atoms with Crippen molar-refractivity contribution in [3.8, 4) is 0 Å². The fourth-order valence-electron chi connectivity index (χ4n) is 3.24. The van der Waals surface area contributed by atoms with Crippen molar-refractivity contribution in [3.63, 3.8) is 0 Å². The van der Waals surface area contributed by atoms with Crippen molar-refractivity contribution < 1.29 is 9.53 Å². The normalized spacial score (nSPS) is 14.5. The molecule has 0 unspecified atom stereocenters. The molecule has 1 aromatic heterocycles. The molecule has 1 amide bonds. The minimum Gasteiger partial charge on any atom is -0.378 e. The number of carbonyl (C=O) groups excluding carboxylic acids is 1. The molecule has 1 saturated heterocycles. The van der Waals surface area contributed by atoms with Gasteiger partial charge in [0.15, 0.2) is 0 Å². The van der Waals surface area contributed by atoms with E-state index in [0.29, 0.717) is 18.0 Å². The van der Waals surface area contributed by atoms with Gasteiger partial charge in [0.25, 0.3) is 0 Å². The fraction of sp³-hybridized carbons (Fsp3) is 0.300. The van der Waals surface area contributed by atoms with E-state index >= 15 is 0 Å². The number of aromatic nitrogens is 2. The Labute approximate surface area is 162 Å². The van der Waals surface area contributed by atoms with Gasteiger partial charge >= 0.3 is 0 Å². The molecule has 6 nitrogen and oxygen atoms in total. The van der Waals surface area contributed by atoms with E-state index in [1.54, 1.807) is 6.20 Å². The minimum atomic E-state index is -0.0354. The van der Waals surface area contributed by atoms with Gasteiger partial charge in [-0.15, -0.1) is 0 Å². The summed E-state index contributed by atoms with van der Waals surface area (Å²) in [5.41, 5.74) is 2.93. The molecule has 1 aliphatic heterocycles. The molecule has 3 aromatic rings. The second kappa shape index (κ2) is 7.98. The molecule has 0 radical (unpaired) electrons. The van der Waals surface area contributed by atoms with Crippen molar-refractivity contribution in [2.75, 3.05) is 36.5 Å². The molecule has 1 fully saturated rings. The highest BCUT2D eigenvalue weighted by Crippen LogP contribution is 2.20. The van der Waals surface area contributed by atoms with Crippen LogP contribution in [0.1, 0.15) is 6.42 Å². The Bertz CT molecular complexity index is 933. The standard InChI is InChI=1S/C20H21ClN4O2/c21-16-1-6-19-15(13-16)14-22-25(19)8-7-20(26)23-17-2-4-18(5-3-17)24-9-11-27-12-10-24/h1-6,13-14H,7-12H2,(H,23,26). The van der Waals surface area contributed by atoms with Crippen LogP contribution in [-0.4, -0.2) is 42.0 Å². The number of nitrogens with zero attached hydrogens (tertiary/aromatic N) is 3. The van der Waals surface area contributed by atoms with Crippen LogP contribution in [0.5, 0.6) is 0 Å². The smallest absolute Gasteiger partial charge is 0.226 e. The Morgan fingerprint density at radius 1 is 1.15 bits per heavy atom. The number of benzene rings is 2. The number of morpholine rings is 1. The predicted octanol–water partition coefficient (Wildman–Crippen LogP) is 3.56. The van der Waals surface area contributed by atoms with Gasteiger partial charge in [0.2, 0.25) is 5.91 Å². The fourth-order valence-corrected chi connectivity index (χ4v) is 3.42. The SMILES string of the molecule is O=C(CCn1ncc2cc(Cl)ccc21)Nc1ccc(N2CCOCC2)cc1. The molecule has 4 rings (SSSR count). The summed E-state index contributed by atoms with van der Waals surface area (Å²) < 4.78 is 7.20. The van der Waals surface area contributed by atoms with Crippen LogP contribution >= 0.6 is 11.6 Å². The Morgan fingerprint density at radius 3 is 2.70 bits per heavy atom. The van der Waals surface area contributed by atoms with Crippen LogP contribution in [0.15, 0.2) is 48.7 Å². The van der Waals surface area contributed by atoms with Gasteiger partial charge in [-0.3, -0.25) is 9.48 Å². The highest BCUT2D eigenvalue weighted by molar-refractivity contribution is 6.31. The Kier molecular flexibility index (Phi) is 5.27. The highest BCUT2D eigenvalue weighted by Gasteiger charge is 2.11. The van der Waals surface area contributed by atoms with Gasteiger partial charge in [0, 0.05) is 41.3 Å². The maximum Gasteiger partial charge on any atom is 0.226 e. The van der Waals surface area contributed by atoms with Gasteiger partial charge < -0.3 is 15.0 Å². The van der Waals surface area contributed by atoms with Gasteiger partial charge in [-0.2, -0.15) is 5.10 Å². The van der Waals surface area contributed by atoms with Crippen LogP contribution in [-0.2, 0) is 16.1 Å². The lowest BCUT2D eigenvalue weighted by Crippen LogP contribution is -2.36. The van der Waals surface area contributed by atoms with Crippen LogP contribution in [0.4, 0.5) is 11.4 Å². The molecule has 27 heavy (non-hydrogen) atoms. The molecule has 0 spiro atoms. The van der Waals surface area contributed by atoms with Crippen LogP contribution in [0, 0.1) is 0 Å². The predicted molar refractivity (Wildman–Crippen MR) is 107 cm³/mol. The summed E-state index contributed by atoms with van der Waals surface area (Å²) in [6.07, 6.45) is 2.12. The second-order valence-electron chi connectivity index (χ2n) is 6.52. The van der Waals surface area contributed by atoms with E-state index in [9.17, 15) is 4.79 Å². The first-order chi connectivity index (χ1) is 13.2. The molecule has 7 heteroatoms. The van der Waals surface area contributed by atoms with Gasteiger partial charge in [0.05, 0.1) is 31.5 Å². The maximum atomic E-state index is 12.3. The van der Waals surface area contributed by atoms with Crippen LogP contribution in [0.25, 0.3) is 10.9 Å². The summed E-state index contributed by atoms with van der Waals surface area (Å²) in [6, 6.07) is 13.6. The number of aryl methyl sites for hydroxylation is 1. The van der Waals surface area contributed by atoms with Crippen molar-refractivity contribution in [3.05, 3.63) is 53.7 Å². The zero-order valence-electron chi connectivity index (χ0n) is 14.9. The zero-order valence-corrected chi connectivity index (χ0v) is 15.7. The highest BCUT2D eigenvalue weighted by atomic mass is 35.5. The molecule has 0 aliphatic carbocycles. The lowest BCUT2D eigenvalue weighted by Gasteiger charge is -2.28. The van der Waals surface area contributed by atoms with E-state index in [4.69, 9.17) is 16.3 Å². The monoisotopic (exact) mass is 384 g/mol. The van der Waals surface area contributed by atoms with Gasteiger partial charge in [-0.1, -0.05) is 11.6 Å². The summed E-state index contributed by atoms with van der Waals surface area (Å²) >= 11 is 6.00. The number of hydrogen-bond acceptors (Lipinski definition) is 4. The number of fused-ring (bicyclic) bond motifs is 1. The quantitative estimate of drug-likeness (QED) is 0.730. The average Bonchev–Trinajstić information content (AvgIpc) is 3.09. The van der Waals surface area contributed by atoms with Gasteiger partial charge in [0.1, 0.15) is 0 Å². The van der Waals surface area contributed by atoms with Crippen molar-refractivity contribution >= 4 is 39.8 Å². The topological polar surface area (TPSA) is 59.4 Å². The third-order valence-corrected chi connectivity index (χ3v) is 4.92. The summed E-state index contributed by atoms with van der Waals surface area (Å²) in [7, 11) is 0. The van der Waals surface area contributed by atoms with E-state index in [-0.39, 0.29) is 5.91 Å². The summed E-state index contributed by atoms with van der Waals surface area (Å²) in [5, 5.41) is 8.94. The minimum absolute atomic E-state index is 0.0354. The number of hydrogen-bond donors (Lipinski definition) is 1. The lowest BCUT2D eigenvalue weighted by atomic mass is 10.2. The molecule has 1 aliphatic rings. The van der Waals surface area contributed by atoms with E-state index in [2.05, 4.69) is 15.3 Å². The molecule has 2 heterocycles. The number of nitrogens with one attached hydrogen (secondary N) is 1. The van der Waals surface area contributed by atoms with E-state index in [1.165, 1.54) is 0 Å². The summed E-state index contributed by atoms with van der Waals surface area (Å²) in [4.78, 5) is 14.6. The molecular formula is C20H21ClN4O2. The Balaban J connectivity index is 1.33. The van der Waals surface area contributed by atoms with Gasteiger partial charge in [-0.25, -0.2) is 0 Å². The van der Waals surface area contributed by atoms with Crippen LogP contribution < -0.4 is 10.2 Å². The number of rotatable bonds is 5. The van der Waals surface area contributed by atoms with Crippen LogP contribution in [0.2, 0.25) is 5.02 Å². The zero-order chi connectivity index (χ0) is 18.6. The summed E-state index contributed by atoms with van der Waals surface area (Å²) in [5.74, 6) is -0.0354. The lowest BCUT2D eigenvalue weighted by molar-refractivity contribution is -0.116. The van der Waals surface area contributed by atoms with E-state index in [0.717, 1.165) is 48.6 Å². The number of halogens is 1. The number of ether oxygens (including phenoxy) is 1. The maximum absolute atomic E-state index is 12.3. The second-order valence-corrected chi connectivity index (χ2v) is 6.95. The number of anilines is 2. The molecule has 2 aromatic carbocycles. The van der Waals surface area contributed by atoms with E-state index in [1.807, 2.05) is 47.1 Å². The van der Waals surface area contributed by atoms with Gasteiger partial charge in [-0.05, 0) is 42.5 Å². The van der Waals surface area contributed by atoms with Crippen molar-refractivity contribution in [2.45, 2.75) is 13.0 Å². The molecular weight excluding hydrogens is 364 g/mol. The summed E-state index contributed by atoms with van der Waals surface area (Å²) in [6.45, 7) is 3.83. The van der Waals surface area contributed by atoms with Crippen molar-refractivity contribution in [2.24, 2.45) is 0 Å². The first-order valence-corrected chi connectivity index (χ1v) is 9.40. The number of carbonyl (C=O) groups is 1. The molecule has 1 N–H and O–H groups in total. The van der Waals surface area contributed by atoms with Crippen LogP contribution in [0.3, 0.4) is 0 Å². The third kappa shape index (κ3) is 4.23. The number of amides is 1. The Morgan fingerprint density at radius 2 is 1.93 bits per heavy atom. The average molecular weight is 385 g/mol. The first-order valence-electron chi connectivity index (χ1n) is 9.03. The molecule has 0 bridgehead atoms. The Hall–Kier alpha value is -2.57. The van der Waals surface area contributed by atoms with Crippen molar-refractivity contribution in [1.82, 2.24) is 9.78 Å². The molecule has 0 atom stereocenters. The molecule has 140 valence electrons. The largest absolute Gasteiger partial charge is 0.378 e. The first kappa shape index (κ1) is 17.8. The van der Waals surface area contributed by atoms with Crippen molar-refractivity contribution in [1.29, 1.82) is 0 Å². The molecule has 0 saturated carbocycles. The van der Waals surface area contributed by atoms with E-state index < -0.39 is 0 Å².